The smallest absolute Gasteiger partial charge is 0.277 e. The van der Waals surface area contributed by atoms with Crippen LogP contribution in [0, 0.1) is 13.8 Å². The van der Waals surface area contributed by atoms with Gasteiger partial charge < -0.3 is 9.32 Å². The first kappa shape index (κ1) is 16.3. The van der Waals surface area contributed by atoms with Crippen molar-refractivity contribution in [1.82, 2.24) is 15.2 Å². The van der Waals surface area contributed by atoms with E-state index in [2.05, 4.69) is 21.2 Å². The Kier molecular flexibility index (Phi) is 4.30. The van der Waals surface area contributed by atoms with E-state index in [1.54, 1.807) is 0 Å². The van der Waals surface area contributed by atoms with E-state index in [1.807, 2.05) is 36.9 Å². The second kappa shape index (κ2) is 6.61. The van der Waals surface area contributed by atoms with E-state index in [1.165, 1.54) is 28.7 Å². The van der Waals surface area contributed by atoms with Crippen molar-refractivity contribution < 1.29 is 9.21 Å². The Balaban J connectivity index is 1.43. The number of nitrogens with zero attached hydrogens (tertiary/aromatic N) is 4. The van der Waals surface area contributed by atoms with Gasteiger partial charge in [-0.2, -0.15) is 0 Å². The quantitative estimate of drug-likeness (QED) is 0.653. The minimum absolute atomic E-state index is 0.0551. The zero-order chi connectivity index (χ0) is 17.4. The minimum Gasteiger partial charge on any atom is -0.410 e. The van der Waals surface area contributed by atoms with Gasteiger partial charge >= 0.3 is 0 Å². The summed E-state index contributed by atoms with van der Waals surface area (Å²) in [6.45, 7) is 4.59. The number of thiazole rings is 1. The molecule has 3 heterocycles. The number of rotatable bonds is 4. The molecule has 4 rings (SSSR count). The van der Waals surface area contributed by atoms with Gasteiger partial charge in [-0.25, -0.2) is 4.98 Å². The maximum Gasteiger partial charge on any atom is 0.277 e. The maximum atomic E-state index is 12.5. The molecule has 1 aliphatic rings. The largest absolute Gasteiger partial charge is 0.410 e. The van der Waals surface area contributed by atoms with E-state index in [0.717, 1.165) is 34.2 Å². The van der Waals surface area contributed by atoms with Crippen LogP contribution in [0.15, 0.2) is 33.9 Å². The highest BCUT2D eigenvalue weighted by Gasteiger charge is 2.24. The van der Waals surface area contributed by atoms with Crippen molar-refractivity contribution in [2.75, 3.05) is 17.2 Å². The number of anilines is 1. The summed E-state index contributed by atoms with van der Waals surface area (Å²) >= 11 is 2.80. The highest BCUT2D eigenvalue weighted by molar-refractivity contribution is 7.99. The predicted molar refractivity (Wildman–Crippen MR) is 98.1 cm³/mol. The summed E-state index contributed by atoms with van der Waals surface area (Å²) in [6, 6.07) is 8.02. The van der Waals surface area contributed by atoms with Gasteiger partial charge in [0.2, 0.25) is 5.91 Å². The van der Waals surface area contributed by atoms with E-state index in [-0.39, 0.29) is 11.7 Å². The number of fused-ring (bicyclic) bond motifs is 1. The number of thioether (sulfide) groups is 1. The lowest BCUT2D eigenvalue weighted by molar-refractivity contribution is -0.116. The molecule has 0 unspecified atom stereocenters. The number of aromatic nitrogens is 3. The molecule has 0 saturated heterocycles. The van der Waals surface area contributed by atoms with Crippen LogP contribution in [0.4, 0.5) is 5.69 Å². The SMILES string of the molecule is Cc1nc(C)c(-c2nnc(SCC(=O)N3CCc4ccccc43)o2)s1. The fraction of sp³-hybridized carbons (Fsp3) is 0.294. The maximum absolute atomic E-state index is 12.5. The van der Waals surface area contributed by atoms with Gasteiger partial charge in [0, 0.05) is 12.2 Å². The lowest BCUT2D eigenvalue weighted by Gasteiger charge is -2.16. The molecule has 0 bridgehead atoms. The van der Waals surface area contributed by atoms with Crippen LogP contribution in [0.1, 0.15) is 16.3 Å². The topological polar surface area (TPSA) is 72.1 Å². The average Bonchev–Trinajstić information content (AvgIpc) is 3.30. The molecular weight excluding hydrogens is 356 g/mol. The summed E-state index contributed by atoms with van der Waals surface area (Å²) in [5, 5.41) is 9.49. The molecule has 0 spiro atoms. The molecular formula is C17H16N4O2S2. The van der Waals surface area contributed by atoms with Gasteiger partial charge in [-0.3, -0.25) is 4.79 Å². The van der Waals surface area contributed by atoms with Crippen molar-refractivity contribution in [2.45, 2.75) is 25.5 Å². The van der Waals surface area contributed by atoms with Crippen molar-refractivity contribution in [3.8, 4) is 10.8 Å². The molecule has 128 valence electrons. The first-order valence-corrected chi connectivity index (χ1v) is 9.71. The van der Waals surface area contributed by atoms with Crippen LogP contribution in [0.5, 0.6) is 0 Å². The molecule has 6 nitrogen and oxygen atoms in total. The molecule has 1 aromatic carbocycles. The van der Waals surface area contributed by atoms with E-state index in [9.17, 15) is 4.79 Å². The van der Waals surface area contributed by atoms with Crippen molar-refractivity contribution in [2.24, 2.45) is 0 Å². The van der Waals surface area contributed by atoms with E-state index >= 15 is 0 Å². The van der Waals surface area contributed by atoms with Gasteiger partial charge in [-0.15, -0.1) is 21.5 Å². The summed E-state index contributed by atoms with van der Waals surface area (Å²) in [4.78, 5) is 19.6. The first-order valence-electron chi connectivity index (χ1n) is 7.91. The molecule has 0 saturated carbocycles. The molecule has 0 N–H and O–H groups in total. The third-order valence-corrected chi connectivity index (χ3v) is 5.88. The van der Waals surface area contributed by atoms with Gasteiger partial charge in [0.05, 0.1) is 16.5 Å². The van der Waals surface area contributed by atoms with E-state index in [4.69, 9.17) is 4.42 Å². The Morgan fingerprint density at radius 2 is 2.16 bits per heavy atom. The normalized spacial score (nSPS) is 13.3. The molecule has 2 aromatic heterocycles. The summed E-state index contributed by atoms with van der Waals surface area (Å²) in [6.07, 6.45) is 0.904. The molecule has 0 aliphatic carbocycles. The van der Waals surface area contributed by atoms with E-state index < -0.39 is 0 Å². The van der Waals surface area contributed by atoms with Crippen LogP contribution < -0.4 is 4.90 Å². The molecule has 0 radical (unpaired) electrons. The first-order chi connectivity index (χ1) is 12.1. The fourth-order valence-corrected chi connectivity index (χ4v) is 4.37. The molecule has 0 fully saturated rings. The molecule has 25 heavy (non-hydrogen) atoms. The second-order valence-corrected chi connectivity index (χ2v) is 7.86. The van der Waals surface area contributed by atoms with Gasteiger partial charge in [-0.1, -0.05) is 30.0 Å². The van der Waals surface area contributed by atoms with Crippen molar-refractivity contribution in [3.05, 3.63) is 40.5 Å². The van der Waals surface area contributed by atoms with Crippen LogP contribution in [-0.2, 0) is 11.2 Å². The van der Waals surface area contributed by atoms with Crippen molar-refractivity contribution >= 4 is 34.7 Å². The number of benzene rings is 1. The van der Waals surface area contributed by atoms with Gasteiger partial charge in [0.15, 0.2) is 0 Å². The average molecular weight is 372 g/mol. The number of hydrogen-bond acceptors (Lipinski definition) is 7. The summed E-state index contributed by atoms with van der Waals surface area (Å²) in [5.74, 6) is 0.792. The third kappa shape index (κ3) is 3.19. The minimum atomic E-state index is 0.0551. The number of amides is 1. The fourth-order valence-electron chi connectivity index (χ4n) is 2.89. The number of hydrogen-bond donors (Lipinski definition) is 0. The number of aryl methyl sites for hydroxylation is 2. The Morgan fingerprint density at radius 1 is 1.32 bits per heavy atom. The van der Waals surface area contributed by atoms with Crippen LogP contribution >= 0.6 is 23.1 Å². The molecule has 0 atom stereocenters. The highest BCUT2D eigenvalue weighted by atomic mass is 32.2. The van der Waals surface area contributed by atoms with Crippen LogP contribution in [0.25, 0.3) is 10.8 Å². The Hall–Kier alpha value is -2.19. The molecule has 1 aliphatic heterocycles. The summed E-state index contributed by atoms with van der Waals surface area (Å²) in [5.41, 5.74) is 3.11. The third-order valence-electron chi connectivity index (χ3n) is 4.01. The van der Waals surface area contributed by atoms with Gasteiger partial charge in [-0.05, 0) is 31.9 Å². The van der Waals surface area contributed by atoms with E-state index in [0.29, 0.717) is 11.1 Å². The standard InChI is InChI=1S/C17H16N4O2S2/c1-10-15(25-11(2)18-10)16-19-20-17(23-16)24-9-14(22)21-8-7-12-5-3-4-6-13(12)21/h3-6H,7-9H2,1-2H3. The van der Waals surface area contributed by atoms with Crippen LogP contribution in [0.3, 0.4) is 0 Å². The van der Waals surface area contributed by atoms with Gasteiger partial charge in [0.25, 0.3) is 11.1 Å². The monoisotopic (exact) mass is 372 g/mol. The lowest BCUT2D eigenvalue weighted by Crippen LogP contribution is -2.30. The number of carbonyl (C=O) groups is 1. The number of para-hydroxylation sites is 1. The summed E-state index contributed by atoms with van der Waals surface area (Å²) in [7, 11) is 0. The molecule has 3 aromatic rings. The highest BCUT2D eigenvalue weighted by Crippen LogP contribution is 2.31. The zero-order valence-electron chi connectivity index (χ0n) is 13.9. The second-order valence-electron chi connectivity index (χ2n) is 5.73. The van der Waals surface area contributed by atoms with Crippen molar-refractivity contribution in [3.63, 3.8) is 0 Å². The predicted octanol–water partition coefficient (Wildman–Crippen LogP) is 3.49. The van der Waals surface area contributed by atoms with Crippen LogP contribution in [-0.4, -0.2) is 33.4 Å². The van der Waals surface area contributed by atoms with Gasteiger partial charge in [0.1, 0.15) is 4.88 Å². The lowest BCUT2D eigenvalue weighted by atomic mass is 10.2. The molecule has 8 heteroatoms. The summed E-state index contributed by atoms with van der Waals surface area (Å²) < 4.78 is 5.69. The molecule has 1 amide bonds. The Morgan fingerprint density at radius 3 is 2.96 bits per heavy atom. The Bertz CT molecular complexity index is 934. The Labute approximate surface area is 153 Å². The van der Waals surface area contributed by atoms with Crippen LogP contribution in [0.2, 0.25) is 0 Å². The van der Waals surface area contributed by atoms with Crippen molar-refractivity contribution in [1.29, 1.82) is 0 Å². The zero-order valence-corrected chi connectivity index (χ0v) is 15.5. The number of carbonyl (C=O) groups excluding carboxylic acids is 1.